The summed E-state index contributed by atoms with van der Waals surface area (Å²) >= 11 is 0. The standard InChI is InChI=1S/C22H24N4O6/c1-12-16(21(27)31-4)18(17(13(2)23-12)22(28)32-5)19-20(26(29)30)24-14(3)25(19)11-15-9-7-6-8-10-15/h6-10,18,23H,11H2,1-5H3. The van der Waals surface area contributed by atoms with E-state index >= 15 is 0 Å². The zero-order valence-electron chi connectivity index (χ0n) is 18.5. The molecule has 0 saturated heterocycles. The lowest BCUT2D eigenvalue weighted by Gasteiger charge is -2.29. The number of nitro groups is 1. The maximum absolute atomic E-state index is 12.8. The van der Waals surface area contributed by atoms with Gasteiger partial charge in [-0.05, 0) is 29.3 Å². The number of nitrogens with zero attached hydrogens (tertiary/aromatic N) is 3. The van der Waals surface area contributed by atoms with Crippen molar-refractivity contribution in [3.63, 3.8) is 0 Å². The summed E-state index contributed by atoms with van der Waals surface area (Å²) in [6, 6.07) is 9.33. The lowest BCUT2D eigenvalue weighted by molar-refractivity contribution is -0.390. The Hall–Kier alpha value is -3.95. The molecule has 1 aliphatic rings. The fourth-order valence-corrected chi connectivity index (χ4v) is 3.98. The van der Waals surface area contributed by atoms with E-state index in [1.807, 2.05) is 30.3 Å². The number of benzene rings is 1. The topological polar surface area (TPSA) is 126 Å². The van der Waals surface area contributed by atoms with E-state index in [9.17, 15) is 19.7 Å². The van der Waals surface area contributed by atoms with E-state index in [1.165, 1.54) is 14.2 Å². The maximum Gasteiger partial charge on any atom is 0.386 e. The fourth-order valence-electron chi connectivity index (χ4n) is 3.98. The van der Waals surface area contributed by atoms with Crippen molar-refractivity contribution in [3.05, 3.63) is 80.1 Å². The Bertz CT molecular complexity index is 1110. The van der Waals surface area contributed by atoms with Crippen molar-refractivity contribution >= 4 is 17.8 Å². The van der Waals surface area contributed by atoms with E-state index < -0.39 is 28.6 Å². The van der Waals surface area contributed by atoms with Crippen LogP contribution in [-0.2, 0) is 25.6 Å². The number of imidazole rings is 1. The molecular weight excluding hydrogens is 416 g/mol. The number of rotatable bonds is 6. The monoisotopic (exact) mass is 440 g/mol. The Morgan fingerprint density at radius 2 is 1.59 bits per heavy atom. The number of carbonyl (C=O) groups is 2. The molecule has 0 bridgehead atoms. The Labute approximate surface area is 184 Å². The van der Waals surface area contributed by atoms with Crippen LogP contribution in [0.2, 0.25) is 0 Å². The van der Waals surface area contributed by atoms with Gasteiger partial charge in [-0.3, -0.25) is 0 Å². The van der Waals surface area contributed by atoms with Gasteiger partial charge in [0.05, 0.1) is 37.8 Å². The van der Waals surface area contributed by atoms with Crippen LogP contribution >= 0.6 is 0 Å². The SMILES string of the molecule is COC(=O)C1=C(C)NC(C)=C(C(=O)OC)C1c1c([N+](=O)[O-])nc(C)n1Cc1ccccc1. The maximum atomic E-state index is 12.8. The largest absolute Gasteiger partial charge is 0.466 e. The molecule has 0 saturated carbocycles. The van der Waals surface area contributed by atoms with Crippen LogP contribution in [-0.4, -0.2) is 40.6 Å². The molecule has 168 valence electrons. The number of esters is 2. The van der Waals surface area contributed by atoms with Crippen molar-refractivity contribution in [2.45, 2.75) is 33.2 Å². The summed E-state index contributed by atoms with van der Waals surface area (Å²) in [6.07, 6.45) is 0. The number of aromatic nitrogens is 2. The number of nitrogens with one attached hydrogen (secondary N) is 1. The smallest absolute Gasteiger partial charge is 0.386 e. The number of ether oxygens (including phenoxy) is 2. The molecule has 0 amide bonds. The minimum absolute atomic E-state index is 0.0795. The molecule has 1 aliphatic heterocycles. The summed E-state index contributed by atoms with van der Waals surface area (Å²) in [4.78, 5) is 41.1. The van der Waals surface area contributed by atoms with E-state index in [0.717, 1.165) is 5.56 Å². The van der Waals surface area contributed by atoms with Crippen LogP contribution in [0.1, 0.15) is 36.8 Å². The quantitative estimate of drug-likeness (QED) is 0.413. The molecule has 0 spiro atoms. The molecule has 3 rings (SSSR count). The third-order valence-corrected chi connectivity index (χ3v) is 5.38. The highest BCUT2D eigenvalue weighted by Gasteiger charge is 2.44. The molecule has 2 heterocycles. The predicted octanol–water partition coefficient (Wildman–Crippen LogP) is 2.73. The number of aryl methyl sites for hydroxylation is 1. The minimum Gasteiger partial charge on any atom is -0.466 e. The van der Waals surface area contributed by atoms with Crippen molar-refractivity contribution in [1.82, 2.24) is 14.9 Å². The first kappa shape index (κ1) is 22.7. The number of allylic oxidation sites excluding steroid dienone is 2. The second kappa shape index (κ2) is 9.04. The molecule has 1 aromatic heterocycles. The molecule has 10 heteroatoms. The van der Waals surface area contributed by atoms with Crippen LogP contribution in [0, 0.1) is 17.0 Å². The van der Waals surface area contributed by atoms with Gasteiger partial charge in [0.15, 0.2) is 0 Å². The molecule has 1 N–H and O–H groups in total. The fraction of sp³-hybridized carbons (Fsp3) is 0.318. The van der Waals surface area contributed by atoms with E-state index in [-0.39, 0.29) is 23.4 Å². The van der Waals surface area contributed by atoms with Gasteiger partial charge in [-0.15, -0.1) is 0 Å². The van der Waals surface area contributed by atoms with Crippen LogP contribution in [0.5, 0.6) is 0 Å². The zero-order chi connectivity index (χ0) is 23.6. The lowest BCUT2D eigenvalue weighted by atomic mass is 9.82. The minimum atomic E-state index is -1.11. The summed E-state index contributed by atoms with van der Waals surface area (Å²) in [5.74, 6) is -2.60. The van der Waals surface area contributed by atoms with Crippen LogP contribution in [0.4, 0.5) is 5.82 Å². The molecule has 1 aromatic carbocycles. The summed E-state index contributed by atoms with van der Waals surface area (Å²) in [7, 11) is 2.42. The molecule has 0 fully saturated rings. The number of hydrogen-bond donors (Lipinski definition) is 1. The van der Waals surface area contributed by atoms with Gasteiger partial charge >= 0.3 is 17.8 Å². The summed E-state index contributed by atoms with van der Waals surface area (Å²) in [6.45, 7) is 5.19. The third-order valence-electron chi connectivity index (χ3n) is 5.38. The van der Waals surface area contributed by atoms with Crippen LogP contribution in [0.3, 0.4) is 0 Å². The van der Waals surface area contributed by atoms with Gasteiger partial charge in [0.1, 0.15) is 5.69 Å². The average Bonchev–Trinajstić information content (AvgIpc) is 3.09. The second-order valence-electron chi connectivity index (χ2n) is 7.32. The Balaban J connectivity index is 2.35. The first-order chi connectivity index (χ1) is 15.2. The van der Waals surface area contributed by atoms with Gasteiger partial charge in [-0.25, -0.2) is 9.59 Å². The normalized spacial score (nSPS) is 14.3. The second-order valence-corrected chi connectivity index (χ2v) is 7.32. The molecule has 0 aliphatic carbocycles. The third kappa shape index (κ3) is 3.98. The number of carbonyl (C=O) groups excluding carboxylic acids is 2. The van der Waals surface area contributed by atoms with Crippen molar-refractivity contribution in [2.75, 3.05) is 14.2 Å². The highest BCUT2D eigenvalue weighted by atomic mass is 16.6. The first-order valence-corrected chi connectivity index (χ1v) is 9.81. The van der Waals surface area contributed by atoms with E-state index in [2.05, 4.69) is 10.3 Å². The lowest BCUT2D eigenvalue weighted by Crippen LogP contribution is -2.33. The number of methoxy groups -OCH3 is 2. The van der Waals surface area contributed by atoms with Crippen LogP contribution in [0.15, 0.2) is 52.9 Å². The van der Waals surface area contributed by atoms with Gasteiger partial charge in [0, 0.05) is 18.3 Å². The molecule has 32 heavy (non-hydrogen) atoms. The first-order valence-electron chi connectivity index (χ1n) is 9.81. The van der Waals surface area contributed by atoms with E-state index in [4.69, 9.17) is 9.47 Å². The van der Waals surface area contributed by atoms with Gasteiger partial charge in [-0.2, -0.15) is 0 Å². The molecule has 0 unspecified atom stereocenters. The average molecular weight is 440 g/mol. The highest BCUT2D eigenvalue weighted by Crippen LogP contribution is 2.43. The summed E-state index contributed by atoms with van der Waals surface area (Å²) < 4.78 is 11.6. The van der Waals surface area contributed by atoms with Gasteiger partial charge in [0.25, 0.3) is 0 Å². The van der Waals surface area contributed by atoms with Crippen LogP contribution < -0.4 is 5.32 Å². The van der Waals surface area contributed by atoms with Crippen molar-refractivity contribution in [3.8, 4) is 0 Å². The van der Waals surface area contributed by atoms with Gasteiger partial charge in [-0.1, -0.05) is 30.3 Å². The van der Waals surface area contributed by atoms with Crippen molar-refractivity contribution in [2.24, 2.45) is 0 Å². The van der Waals surface area contributed by atoms with Crippen molar-refractivity contribution < 1.29 is 24.0 Å². The highest BCUT2D eigenvalue weighted by molar-refractivity contribution is 6.00. The zero-order valence-corrected chi connectivity index (χ0v) is 18.5. The molecule has 0 atom stereocenters. The van der Waals surface area contributed by atoms with Gasteiger partial charge < -0.3 is 29.5 Å². The Morgan fingerprint density at radius 1 is 1.06 bits per heavy atom. The van der Waals surface area contributed by atoms with Crippen LogP contribution in [0.25, 0.3) is 0 Å². The van der Waals surface area contributed by atoms with E-state index in [0.29, 0.717) is 17.2 Å². The van der Waals surface area contributed by atoms with Crippen molar-refractivity contribution in [1.29, 1.82) is 0 Å². The number of dihydropyridines is 1. The molecule has 10 nitrogen and oxygen atoms in total. The summed E-state index contributed by atoms with van der Waals surface area (Å²) in [5, 5.41) is 15.0. The van der Waals surface area contributed by atoms with Gasteiger partial charge in [0.2, 0.25) is 5.82 Å². The number of hydrogen-bond acceptors (Lipinski definition) is 8. The predicted molar refractivity (Wildman–Crippen MR) is 114 cm³/mol. The summed E-state index contributed by atoms with van der Waals surface area (Å²) in [5.41, 5.74) is 1.99. The Kier molecular flexibility index (Phi) is 6.42. The molecular formula is C22H24N4O6. The Morgan fingerprint density at radius 3 is 2.06 bits per heavy atom. The van der Waals surface area contributed by atoms with E-state index in [1.54, 1.807) is 25.3 Å². The molecule has 0 radical (unpaired) electrons. The molecule has 2 aromatic rings.